The number of ether oxygens (including phenoxy) is 3. The maximum absolute atomic E-state index is 11.7. The highest BCUT2D eigenvalue weighted by atomic mass is 16.8. The summed E-state index contributed by atoms with van der Waals surface area (Å²) in [5, 5.41) is 20.4. The molecule has 0 aromatic carbocycles. The van der Waals surface area contributed by atoms with Crippen LogP contribution in [0.2, 0.25) is 0 Å². The van der Waals surface area contributed by atoms with E-state index in [1.807, 2.05) is 0 Å². The minimum Gasteiger partial charge on any atom is -0.387 e. The molecule has 0 spiro atoms. The zero-order chi connectivity index (χ0) is 12.4. The van der Waals surface area contributed by atoms with Crippen LogP contribution in [-0.2, 0) is 19.0 Å². The number of rotatable bonds is 0. The summed E-state index contributed by atoms with van der Waals surface area (Å²) >= 11 is 0. The molecule has 6 heteroatoms. The first-order valence-corrected chi connectivity index (χ1v) is 5.74. The Morgan fingerprint density at radius 1 is 1.29 bits per heavy atom. The van der Waals surface area contributed by atoms with Gasteiger partial charge in [-0.1, -0.05) is 0 Å². The van der Waals surface area contributed by atoms with Crippen molar-refractivity contribution in [2.45, 2.75) is 56.1 Å². The Balaban J connectivity index is 1.96. The predicted octanol–water partition coefficient (Wildman–Crippen LogP) is -1.03. The van der Waals surface area contributed by atoms with Crippen molar-refractivity contribution < 1.29 is 29.2 Å². The third-order valence-corrected chi connectivity index (χ3v) is 3.75. The van der Waals surface area contributed by atoms with E-state index in [4.69, 9.17) is 14.2 Å². The second-order valence-corrected chi connectivity index (χ2v) is 5.41. The molecule has 17 heavy (non-hydrogen) atoms. The van der Waals surface area contributed by atoms with Gasteiger partial charge in [-0.05, 0) is 13.8 Å². The lowest BCUT2D eigenvalue weighted by Crippen LogP contribution is -2.69. The van der Waals surface area contributed by atoms with Gasteiger partial charge in [0.2, 0.25) is 0 Å². The second-order valence-electron chi connectivity index (χ2n) is 5.41. The molecule has 3 rings (SSSR count). The van der Waals surface area contributed by atoms with Gasteiger partial charge in [-0.15, -0.1) is 0 Å². The molecule has 0 aromatic rings. The first-order valence-electron chi connectivity index (χ1n) is 5.74. The fraction of sp³-hybridized carbons (Fsp3) is 0.909. The van der Waals surface area contributed by atoms with Crippen LogP contribution in [-0.4, -0.2) is 58.4 Å². The summed E-state index contributed by atoms with van der Waals surface area (Å²) in [6.45, 7) is 3.27. The normalized spacial score (nSPS) is 52.4. The van der Waals surface area contributed by atoms with Gasteiger partial charge in [-0.3, -0.25) is 4.79 Å². The van der Waals surface area contributed by atoms with Gasteiger partial charge >= 0.3 is 0 Å². The molecule has 2 heterocycles. The molecule has 96 valence electrons. The SMILES string of the molecule is CC1(C)O[C@@H]2[C@H](O1)[C@H](O)[C@@]1(O)C[C@@H]2OCC1=O. The number of ketones is 1. The summed E-state index contributed by atoms with van der Waals surface area (Å²) in [4.78, 5) is 11.7. The van der Waals surface area contributed by atoms with Crippen LogP contribution < -0.4 is 0 Å². The van der Waals surface area contributed by atoms with Crippen molar-refractivity contribution in [2.24, 2.45) is 0 Å². The number of Topliss-reactive ketones (excluding diaryl/α,β-unsaturated/α-hetero) is 1. The first kappa shape index (κ1) is 11.6. The predicted molar refractivity (Wildman–Crippen MR) is 54.1 cm³/mol. The summed E-state index contributed by atoms with van der Waals surface area (Å²) in [6.07, 6.45) is -2.77. The average Bonchev–Trinajstić information content (AvgIpc) is 2.57. The maximum Gasteiger partial charge on any atom is 0.192 e. The molecule has 2 N–H and O–H groups in total. The number of fused-ring (bicyclic) bond motifs is 4. The van der Waals surface area contributed by atoms with E-state index in [1.165, 1.54) is 0 Å². The van der Waals surface area contributed by atoms with E-state index in [0.29, 0.717) is 0 Å². The van der Waals surface area contributed by atoms with Crippen LogP contribution in [0.3, 0.4) is 0 Å². The van der Waals surface area contributed by atoms with E-state index in [1.54, 1.807) is 13.8 Å². The average molecular weight is 244 g/mol. The summed E-state index contributed by atoms with van der Waals surface area (Å²) in [6, 6.07) is 0. The smallest absolute Gasteiger partial charge is 0.192 e. The van der Waals surface area contributed by atoms with E-state index >= 15 is 0 Å². The summed E-state index contributed by atoms with van der Waals surface area (Å²) in [5.41, 5.74) is -1.76. The molecule has 6 nitrogen and oxygen atoms in total. The van der Waals surface area contributed by atoms with Gasteiger partial charge in [0.05, 0.1) is 6.10 Å². The molecule has 3 aliphatic rings. The van der Waals surface area contributed by atoms with Crippen LogP contribution in [0.1, 0.15) is 20.3 Å². The molecule has 5 atom stereocenters. The van der Waals surface area contributed by atoms with Crippen LogP contribution >= 0.6 is 0 Å². The van der Waals surface area contributed by atoms with Crippen molar-refractivity contribution >= 4 is 5.78 Å². The van der Waals surface area contributed by atoms with Crippen LogP contribution in [0, 0.1) is 0 Å². The Hall–Kier alpha value is -0.530. The molecule has 0 radical (unpaired) electrons. The largest absolute Gasteiger partial charge is 0.387 e. The highest BCUT2D eigenvalue weighted by Gasteiger charge is 2.63. The van der Waals surface area contributed by atoms with Crippen LogP contribution in [0.15, 0.2) is 0 Å². The van der Waals surface area contributed by atoms with Gasteiger partial charge in [0.25, 0.3) is 0 Å². The lowest BCUT2D eigenvalue weighted by Gasteiger charge is -2.47. The van der Waals surface area contributed by atoms with Gasteiger partial charge in [-0.2, -0.15) is 0 Å². The molecule has 1 saturated carbocycles. The van der Waals surface area contributed by atoms with Crippen LogP contribution in [0.5, 0.6) is 0 Å². The quantitative estimate of drug-likeness (QED) is 0.567. The number of aliphatic hydroxyl groups excluding tert-OH is 1. The fourth-order valence-electron chi connectivity index (χ4n) is 2.90. The maximum atomic E-state index is 11.7. The lowest BCUT2D eigenvalue weighted by molar-refractivity contribution is -0.222. The summed E-state index contributed by atoms with van der Waals surface area (Å²) in [5.74, 6) is -1.33. The topological polar surface area (TPSA) is 85.2 Å². The van der Waals surface area contributed by atoms with Crippen molar-refractivity contribution in [3.05, 3.63) is 0 Å². The molecule has 0 unspecified atom stereocenters. The molecule has 3 fully saturated rings. The number of carbonyl (C=O) groups excluding carboxylic acids is 1. The highest BCUT2D eigenvalue weighted by Crippen LogP contribution is 2.44. The monoisotopic (exact) mass is 244 g/mol. The number of carbonyl (C=O) groups is 1. The Bertz CT molecular complexity index is 367. The Labute approximate surface area is 98.5 Å². The molecular formula is C11H16O6. The van der Waals surface area contributed by atoms with Crippen LogP contribution in [0.25, 0.3) is 0 Å². The minimum absolute atomic E-state index is 0.0631. The Morgan fingerprint density at radius 2 is 1.94 bits per heavy atom. The fourth-order valence-corrected chi connectivity index (χ4v) is 2.90. The highest BCUT2D eigenvalue weighted by molar-refractivity contribution is 5.90. The number of hydrogen-bond donors (Lipinski definition) is 2. The zero-order valence-electron chi connectivity index (χ0n) is 9.75. The standard InChI is InChI=1S/C11H16O6/c1-10(2)16-7-5-3-11(14,6(12)4-15-5)9(13)8(7)17-10/h5,7-9,13-14H,3-4H2,1-2H3/t5-,7-,8-,9-,11+/m0/s1. The van der Waals surface area contributed by atoms with Crippen LogP contribution in [0.4, 0.5) is 0 Å². The molecular weight excluding hydrogens is 228 g/mol. The van der Waals surface area contributed by atoms with E-state index in [-0.39, 0.29) is 13.0 Å². The van der Waals surface area contributed by atoms with E-state index in [9.17, 15) is 15.0 Å². The number of hydrogen-bond acceptors (Lipinski definition) is 6. The Morgan fingerprint density at radius 3 is 2.65 bits per heavy atom. The van der Waals surface area contributed by atoms with Crippen molar-refractivity contribution in [1.82, 2.24) is 0 Å². The third kappa shape index (κ3) is 1.49. The molecule has 2 bridgehead atoms. The van der Waals surface area contributed by atoms with Gasteiger partial charge in [-0.25, -0.2) is 0 Å². The third-order valence-electron chi connectivity index (χ3n) is 3.75. The molecule has 0 aromatic heterocycles. The Kier molecular flexibility index (Phi) is 2.22. The van der Waals surface area contributed by atoms with Crippen molar-refractivity contribution in [1.29, 1.82) is 0 Å². The summed E-state index contributed by atoms with van der Waals surface area (Å²) < 4.78 is 16.6. The lowest BCUT2D eigenvalue weighted by atomic mass is 9.73. The minimum atomic E-state index is -1.76. The zero-order valence-corrected chi connectivity index (χ0v) is 9.75. The van der Waals surface area contributed by atoms with Gasteiger partial charge in [0.15, 0.2) is 17.2 Å². The van der Waals surface area contributed by atoms with Gasteiger partial charge in [0.1, 0.15) is 24.9 Å². The second kappa shape index (κ2) is 3.27. The first-order chi connectivity index (χ1) is 7.83. The molecule has 2 aliphatic heterocycles. The molecule has 1 aliphatic carbocycles. The van der Waals surface area contributed by atoms with E-state index < -0.39 is 41.6 Å². The summed E-state index contributed by atoms with van der Waals surface area (Å²) in [7, 11) is 0. The van der Waals surface area contributed by atoms with Crippen molar-refractivity contribution in [3.63, 3.8) is 0 Å². The molecule has 2 saturated heterocycles. The molecule has 0 amide bonds. The van der Waals surface area contributed by atoms with Gasteiger partial charge < -0.3 is 24.4 Å². The van der Waals surface area contributed by atoms with Gasteiger partial charge in [0, 0.05) is 6.42 Å². The van der Waals surface area contributed by atoms with E-state index in [2.05, 4.69) is 0 Å². The number of aliphatic hydroxyl groups is 2. The van der Waals surface area contributed by atoms with Crippen molar-refractivity contribution in [2.75, 3.05) is 6.61 Å². The van der Waals surface area contributed by atoms with Crippen molar-refractivity contribution in [3.8, 4) is 0 Å². The van der Waals surface area contributed by atoms with E-state index in [0.717, 1.165) is 0 Å².